The zero-order chi connectivity index (χ0) is 24.1. The van der Waals surface area contributed by atoms with Gasteiger partial charge in [-0.3, -0.25) is 9.59 Å². The number of carbonyl (C=O) groups excluding carboxylic acids is 3. The lowest BCUT2D eigenvalue weighted by molar-refractivity contribution is 0.0506. The van der Waals surface area contributed by atoms with Gasteiger partial charge in [0.05, 0.1) is 17.0 Å². The lowest BCUT2D eigenvalue weighted by atomic mass is 10.1. The van der Waals surface area contributed by atoms with Crippen LogP contribution in [0.3, 0.4) is 0 Å². The Morgan fingerprint density at radius 3 is 2.61 bits per heavy atom. The number of amides is 2. The molecular formula is C23H26N4O5S. The Morgan fingerprint density at radius 1 is 1.18 bits per heavy atom. The van der Waals surface area contributed by atoms with E-state index in [0.29, 0.717) is 12.0 Å². The largest absolute Gasteiger partial charge is 0.471 e. The van der Waals surface area contributed by atoms with Crippen molar-refractivity contribution in [2.45, 2.75) is 40.8 Å². The quantitative estimate of drug-likeness (QED) is 0.458. The third-order valence-electron chi connectivity index (χ3n) is 4.80. The van der Waals surface area contributed by atoms with Crippen molar-refractivity contribution >= 4 is 34.1 Å². The predicted octanol–water partition coefficient (Wildman–Crippen LogP) is 3.82. The van der Waals surface area contributed by atoms with E-state index in [0.717, 1.165) is 28.2 Å². The topological polar surface area (TPSA) is 126 Å². The Bertz CT molecular complexity index is 1200. The van der Waals surface area contributed by atoms with Crippen LogP contribution in [0, 0.1) is 20.8 Å². The van der Waals surface area contributed by atoms with E-state index in [1.807, 2.05) is 39.0 Å². The van der Waals surface area contributed by atoms with Crippen LogP contribution in [0.4, 0.5) is 5.00 Å². The van der Waals surface area contributed by atoms with Crippen molar-refractivity contribution in [3.8, 4) is 5.75 Å². The molecule has 2 aromatic heterocycles. The van der Waals surface area contributed by atoms with Crippen molar-refractivity contribution in [3.63, 3.8) is 0 Å². The molecule has 3 rings (SSSR count). The number of aryl methyl sites for hydroxylation is 2. The molecule has 0 fully saturated rings. The van der Waals surface area contributed by atoms with E-state index in [1.54, 1.807) is 13.1 Å². The molecule has 0 aliphatic carbocycles. The van der Waals surface area contributed by atoms with Crippen LogP contribution in [0.25, 0.3) is 0 Å². The van der Waals surface area contributed by atoms with Gasteiger partial charge in [-0.25, -0.2) is 9.48 Å². The maximum Gasteiger partial charge on any atom is 0.341 e. The number of primary amides is 1. The van der Waals surface area contributed by atoms with Gasteiger partial charge in [-0.2, -0.15) is 5.10 Å². The Balaban J connectivity index is 1.75. The number of nitrogens with one attached hydrogen (secondary N) is 1. The molecular weight excluding hydrogens is 444 g/mol. The minimum atomic E-state index is -0.685. The highest BCUT2D eigenvalue weighted by molar-refractivity contribution is 7.18. The van der Waals surface area contributed by atoms with Crippen LogP contribution in [-0.2, 0) is 11.5 Å². The van der Waals surface area contributed by atoms with Crippen molar-refractivity contribution in [3.05, 3.63) is 63.3 Å². The number of anilines is 1. The molecule has 174 valence electrons. The first-order valence-electron chi connectivity index (χ1n) is 10.4. The maximum atomic E-state index is 12.8. The summed E-state index contributed by atoms with van der Waals surface area (Å²) in [5.74, 6) is -1.12. The standard InChI is InChI=1S/C23H26N4O5S/c1-5-10-31-23(30)18-15(4)19(20(24)28)33-22(18)25-21(29)16-8-9-27(26-16)12-32-17-7-6-13(2)11-14(17)3/h6-9,11H,5,10,12H2,1-4H3,(H2,24,28)(H,25,29). The van der Waals surface area contributed by atoms with E-state index in [4.69, 9.17) is 15.2 Å². The maximum absolute atomic E-state index is 12.8. The number of rotatable bonds is 9. The van der Waals surface area contributed by atoms with Crippen molar-refractivity contribution in [2.75, 3.05) is 11.9 Å². The molecule has 0 bridgehead atoms. The zero-order valence-corrected chi connectivity index (χ0v) is 19.7. The molecule has 10 heteroatoms. The van der Waals surface area contributed by atoms with E-state index in [-0.39, 0.29) is 34.5 Å². The predicted molar refractivity (Wildman–Crippen MR) is 125 cm³/mol. The van der Waals surface area contributed by atoms with Crippen molar-refractivity contribution in [2.24, 2.45) is 5.73 Å². The number of esters is 1. The highest BCUT2D eigenvalue weighted by Gasteiger charge is 2.26. The van der Waals surface area contributed by atoms with Crippen molar-refractivity contribution < 1.29 is 23.9 Å². The van der Waals surface area contributed by atoms with E-state index in [1.165, 1.54) is 10.7 Å². The van der Waals surface area contributed by atoms with Crippen molar-refractivity contribution in [1.29, 1.82) is 0 Å². The lowest BCUT2D eigenvalue weighted by Crippen LogP contribution is -2.16. The van der Waals surface area contributed by atoms with Gasteiger partial charge in [0.1, 0.15) is 10.8 Å². The molecule has 0 saturated carbocycles. The average molecular weight is 471 g/mol. The molecule has 1 aromatic carbocycles. The molecule has 3 N–H and O–H groups in total. The lowest BCUT2D eigenvalue weighted by Gasteiger charge is -2.09. The summed E-state index contributed by atoms with van der Waals surface area (Å²) in [5.41, 5.74) is 8.17. The van der Waals surface area contributed by atoms with Crippen LogP contribution in [0.15, 0.2) is 30.5 Å². The fourth-order valence-electron chi connectivity index (χ4n) is 3.17. The molecule has 9 nitrogen and oxygen atoms in total. The van der Waals surface area contributed by atoms with Crippen LogP contribution in [0.1, 0.15) is 60.6 Å². The van der Waals surface area contributed by atoms with Crippen LogP contribution < -0.4 is 15.8 Å². The molecule has 0 radical (unpaired) electrons. The number of aromatic nitrogens is 2. The smallest absolute Gasteiger partial charge is 0.341 e. The Hall–Kier alpha value is -3.66. The number of ether oxygens (including phenoxy) is 2. The summed E-state index contributed by atoms with van der Waals surface area (Å²) >= 11 is 0.929. The van der Waals surface area contributed by atoms with Gasteiger partial charge in [0.25, 0.3) is 11.8 Å². The number of thiophene rings is 1. The fraction of sp³-hybridized carbons (Fsp3) is 0.304. The molecule has 0 spiro atoms. The first-order chi connectivity index (χ1) is 15.7. The average Bonchev–Trinajstić information content (AvgIpc) is 3.36. The highest BCUT2D eigenvalue weighted by atomic mass is 32.1. The summed E-state index contributed by atoms with van der Waals surface area (Å²) in [6.45, 7) is 7.76. The number of benzene rings is 1. The van der Waals surface area contributed by atoms with Gasteiger partial charge in [-0.05, 0) is 50.5 Å². The zero-order valence-electron chi connectivity index (χ0n) is 18.9. The minimum absolute atomic E-state index is 0.119. The van der Waals surface area contributed by atoms with E-state index in [2.05, 4.69) is 10.4 Å². The molecule has 33 heavy (non-hydrogen) atoms. The summed E-state index contributed by atoms with van der Waals surface area (Å²) in [7, 11) is 0. The molecule has 3 aromatic rings. The molecule has 2 heterocycles. The molecule has 2 amide bonds. The minimum Gasteiger partial charge on any atom is -0.471 e. The van der Waals surface area contributed by atoms with Gasteiger partial charge in [0.15, 0.2) is 12.4 Å². The van der Waals surface area contributed by atoms with Crippen LogP contribution in [-0.4, -0.2) is 34.2 Å². The Labute approximate surface area is 195 Å². The molecule has 0 aliphatic rings. The van der Waals surface area contributed by atoms with Gasteiger partial charge in [-0.15, -0.1) is 11.3 Å². The first-order valence-corrected chi connectivity index (χ1v) is 11.2. The number of carbonyl (C=O) groups is 3. The summed E-state index contributed by atoms with van der Waals surface area (Å²) < 4.78 is 12.5. The fourth-order valence-corrected chi connectivity index (χ4v) is 4.21. The van der Waals surface area contributed by atoms with Gasteiger partial charge in [0.2, 0.25) is 0 Å². The summed E-state index contributed by atoms with van der Waals surface area (Å²) in [4.78, 5) is 37.2. The van der Waals surface area contributed by atoms with Gasteiger partial charge in [-0.1, -0.05) is 24.6 Å². The SMILES string of the molecule is CCCOC(=O)c1c(NC(=O)c2ccn(COc3ccc(C)cc3C)n2)sc(C(N)=O)c1C. The number of nitrogens with zero attached hydrogens (tertiary/aromatic N) is 2. The summed E-state index contributed by atoms with van der Waals surface area (Å²) in [6.07, 6.45) is 2.25. The summed E-state index contributed by atoms with van der Waals surface area (Å²) in [6, 6.07) is 7.39. The van der Waals surface area contributed by atoms with Crippen LogP contribution >= 0.6 is 11.3 Å². The Morgan fingerprint density at radius 2 is 1.94 bits per heavy atom. The molecule has 0 saturated heterocycles. The summed E-state index contributed by atoms with van der Waals surface area (Å²) in [5, 5.41) is 7.08. The van der Waals surface area contributed by atoms with Crippen molar-refractivity contribution in [1.82, 2.24) is 9.78 Å². The Kier molecular flexibility index (Phi) is 7.49. The highest BCUT2D eigenvalue weighted by Crippen LogP contribution is 2.33. The second-order valence-corrected chi connectivity index (χ2v) is 8.52. The normalized spacial score (nSPS) is 10.7. The van der Waals surface area contributed by atoms with Crippen LogP contribution in [0.5, 0.6) is 5.75 Å². The second kappa shape index (κ2) is 10.3. The molecule has 0 atom stereocenters. The molecule has 0 unspecified atom stereocenters. The third-order valence-corrected chi connectivity index (χ3v) is 6.02. The number of nitrogens with two attached hydrogens (primary N) is 1. The second-order valence-electron chi connectivity index (χ2n) is 7.50. The van der Waals surface area contributed by atoms with Gasteiger partial charge < -0.3 is 20.5 Å². The number of hydrogen-bond donors (Lipinski definition) is 2. The van der Waals surface area contributed by atoms with E-state index < -0.39 is 17.8 Å². The number of hydrogen-bond acceptors (Lipinski definition) is 7. The first kappa shape index (κ1) is 24.0. The van der Waals surface area contributed by atoms with E-state index >= 15 is 0 Å². The third kappa shape index (κ3) is 5.58. The van der Waals surface area contributed by atoms with Crippen LogP contribution in [0.2, 0.25) is 0 Å². The van der Waals surface area contributed by atoms with Gasteiger partial charge >= 0.3 is 5.97 Å². The molecule has 0 aliphatic heterocycles. The van der Waals surface area contributed by atoms with Gasteiger partial charge in [0, 0.05) is 6.20 Å². The monoisotopic (exact) mass is 470 g/mol. The van der Waals surface area contributed by atoms with E-state index in [9.17, 15) is 14.4 Å².